The van der Waals surface area contributed by atoms with Gasteiger partial charge >= 0.3 is 12.0 Å². The molecular formula is C12H16N2O3S. The van der Waals surface area contributed by atoms with Crippen molar-refractivity contribution in [3.8, 4) is 0 Å². The topological polar surface area (TPSA) is 58.6 Å². The molecule has 0 radical (unpaired) electrons. The normalized spacial score (nSPS) is 13.9. The highest BCUT2D eigenvalue weighted by molar-refractivity contribution is 7.10. The number of esters is 1. The first kappa shape index (κ1) is 12.9. The third kappa shape index (κ3) is 3.01. The van der Waals surface area contributed by atoms with Gasteiger partial charge < -0.3 is 15.0 Å². The molecule has 0 fully saturated rings. The minimum Gasteiger partial charge on any atom is -0.465 e. The van der Waals surface area contributed by atoms with E-state index in [0.29, 0.717) is 19.7 Å². The summed E-state index contributed by atoms with van der Waals surface area (Å²) < 4.78 is 4.75. The first-order chi connectivity index (χ1) is 8.70. The Morgan fingerprint density at radius 2 is 2.39 bits per heavy atom. The minimum absolute atomic E-state index is 0.0698. The Morgan fingerprint density at radius 1 is 1.56 bits per heavy atom. The van der Waals surface area contributed by atoms with Crippen LogP contribution in [0.4, 0.5) is 4.79 Å². The van der Waals surface area contributed by atoms with Gasteiger partial charge in [0.05, 0.1) is 6.61 Å². The Kier molecular flexibility index (Phi) is 4.19. The van der Waals surface area contributed by atoms with Crippen LogP contribution in [0.5, 0.6) is 0 Å². The molecule has 1 aliphatic rings. The van der Waals surface area contributed by atoms with Crippen molar-refractivity contribution in [3.63, 3.8) is 0 Å². The van der Waals surface area contributed by atoms with Gasteiger partial charge in [-0.2, -0.15) is 0 Å². The van der Waals surface area contributed by atoms with E-state index >= 15 is 0 Å². The molecule has 1 aromatic rings. The lowest BCUT2D eigenvalue weighted by Gasteiger charge is -2.26. The second-order valence-corrected chi connectivity index (χ2v) is 5.00. The summed E-state index contributed by atoms with van der Waals surface area (Å²) in [6.07, 6.45) is 0.889. The molecule has 0 aromatic carbocycles. The smallest absolute Gasteiger partial charge is 0.325 e. The molecule has 2 amide bonds. The van der Waals surface area contributed by atoms with Gasteiger partial charge in [-0.05, 0) is 30.4 Å². The molecule has 5 nitrogen and oxygen atoms in total. The summed E-state index contributed by atoms with van der Waals surface area (Å²) in [4.78, 5) is 26.1. The molecule has 98 valence electrons. The number of rotatable bonds is 3. The van der Waals surface area contributed by atoms with Gasteiger partial charge in [0.1, 0.15) is 6.54 Å². The Hall–Kier alpha value is -1.56. The number of amides is 2. The van der Waals surface area contributed by atoms with Crippen molar-refractivity contribution >= 4 is 23.3 Å². The van der Waals surface area contributed by atoms with Crippen LogP contribution in [0, 0.1) is 0 Å². The lowest BCUT2D eigenvalue weighted by atomic mass is 10.1. The van der Waals surface area contributed by atoms with Gasteiger partial charge in [-0.3, -0.25) is 4.79 Å². The van der Waals surface area contributed by atoms with E-state index in [0.717, 1.165) is 6.42 Å². The number of carbonyl (C=O) groups is 2. The monoisotopic (exact) mass is 268 g/mol. The van der Waals surface area contributed by atoms with Crippen molar-refractivity contribution in [1.82, 2.24) is 10.2 Å². The van der Waals surface area contributed by atoms with Gasteiger partial charge in [0.15, 0.2) is 0 Å². The Labute approximate surface area is 110 Å². The molecule has 0 bridgehead atoms. The Balaban J connectivity index is 1.82. The Morgan fingerprint density at radius 3 is 3.17 bits per heavy atom. The van der Waals surface area contributed by atoms with Crippen LogP contribution in [0.1, 0.15) is 17.4 Å². The van der Waals surface area contributed by atoms with Crippen molar-refractivity contribution < 1.29 is 14.3 Å². The second kappa shape index (κ2) is 5.86. The van der Waals surface area contributed by atoms with Crippen LogP contribution >= 0.6 is 11.3 Å². The van der Waals surface area contributed by atoms with Crippen LogP contribution in [0.15, 0.2) is 11.4 Å². The molecule has 18 heavy (non-hydrogen) atoms. The summed E-state index contributed by atoms with van der Waals surface area (Å²) >= 11 is 1.73. The number of ether oxygens (including phenoxy) is 1. The summed E-state index contributed by atoms with van der Waals surface area (Å²) in [5, 5.41) is 4.62. The van der Waals surface area contributed by atoms with Crippen molar-refractivity contribution in [2.45, 2.75) is 19.9 Å². The highest BCUT2D eigenvalue weighted by atomic mass is 32.1. The molecule has 0 saturated heterocycles. The average molecular weight is 268 g/mol. The molecule has 0 atom stereocenters. The summed E-state index contributed by atoms with van der Waals surface area (Å²) in [5.74, 6) is -0.404. The molecule has 0 aliphatic carbocycles. The standard InChI is InChI=1S/C12H16N2O3S/c1-2-17-11(15)7-13-12(16)14-5-3-10-9(8-14)4-6-18-10/h4,6H,2-3,5,7-8H2,1H3,(H,13,16). The first-order valence-corrected chi connectivity index (χ1v) is 6.82. The number of hydrogen-bond acceptors (Lipinski definition) is 4. The number of thiophene rings is 1. The predicted molar refractivity (Wildman–Crippen MR) is 68.5 cm³/mol. The summed E-state index contributed by atoms with van der Waals surface area (Å²) in [6, 6.07) is 1.84. The van der Waals surface area contributed by atoms with Gasteiger partial charge in [0.2, 0.25) is 0 Å². The average Bonchev–Trinajstić information content (AvgIpc) is 2.83. The molecule has 1 N–H and O–H groups in total. The van der Waals surface area contributed by atoms with Gasteiger partial charge in [0, 0.05) is 18.0 Å². The minimum atomic E-state index is -0.404. The zero-order valence-electron chi connectivity index (χ0n) is 10.3. The van der Waals surface area contributed by atoms with E-state index in [4.69, 9.17) is 4.74 Å². The Bertz CT molecular complexity index is 444. The number of nitrogens with one attached hydrogen (secondary N) is 1. The molecule has 0 saturated carbocycles. The quantitative estimate of drug-likeness (QED) is 0.843. The number of carbonyl (C=O) groups excluding carboxylic acids is 2. The zero-order chi connectivity index (χ0) is 13.0. The highest BCUT2D eigenvalue weighted by Crippen LogP contribution is 2.23. The van der Waals surface area contributed by atoms with Gasteiger partial charge in [0.25, 0.3) is 0 Å². The zero-order valence-corrected chi connectivity index (χ0v) is 11.1. The van der Waals surface area contributed by atoms with Crippen LogP contribution in [0.2, 0.25) is 0 Å². The van der Waals surface area contributed by atoms with E-state index in [-0.39, 0.29) is 12.6 Å². The number of nitrogens with zero attached hydrogens (tertiary/aromatic N) is 1. The van der Waals surface area contributed by atoms with E-state index < -0.39 is 5.97 Å². The van der Waals surface area contributed by atoms with Crippen molar-refractivity contribution in [1.29, 1.82) is 0 Å². The van der Waals surface area contributed by atoms with Crippen LogP contribution in [0.3, 0.4) is 0 Å². The van der Waals surface area contributed by atoms with E-state index in [1.807, 2.05) is 11.4 Å². The summed E-state index contributed by atoms with van der Waals surface area (Å²) in [7, 11) is 0. The summed E-state index contributed by atoms with van der Waals surface area (Å²) in [5.41, 5.74) is 1.21. The third-order valence-corrected chi connectivity index (χ3v) is 3.81. The fraction of sp³-hybridized carbons (Fsp3) is 0.500. The number of urea groups is 1. The summed E-state index contributed by atoms with van der Waals surface area (Å²) in [6.45, 7) is 3.31. The molecule has 1 aliphatic heterocycles. The van der Waals surface area contributed by atoms with Crippen LogP contribution < -0.4 is 5.32 Å². The van der Waals surface area contributed by atoms with Crippen LogP contribution in [-0.4, -0.2) is 36.6 Å². The lowest BCUT2D eigenvalue weighted by Crippen LogP contribution is -2.44. The lowest BCUT2D eigenvalue weighted by molar-refractivity contribution is -0.141. The van der Waals surface area contributed by atoms with Gasteiger partial charge in [-0.25, -0.2) is 4.79 Å². The molecular weight excluding hydrogens is 252 g/mol. The maximum Gasteiger partial charge on any atom is 0.325 e. The maximum atomic E-state index is 11.8. The largest absolute Gasteiger partial charge is 0.465 e. The van der Waals surface area contributed by atoms with Crippen LogP contribution in [-0.2, 0) is 22.5 Å². The van der Waals surface area contributed by atoms with Crippen molar-refractivity contribution in [3.05, 3.63) is 21.9 Å². The highest BCUT2D eigenvalue weighted by Gasteiger charge is 2.21. The maximum absolute atomic E-state index is 11.8. The molecule has 2 heterocycles. The van der Waals surface area contributed by atoms with E-state index in [9.17, 15) is 9.59 Å². The molecule has 0 spiro atoms. The van der Waals surface area contributed by atoms with Crippen molar-refractivity contribution in [2.75, 3.05) is 19.7 Å². The van der Waals surface area contributed by atoms with Gasteiger partial charge in [-0.1, -0.05) is 0 Å². The number of fused-ring (bicyclic) bond motifs is 1. The van der Waals surface area contributed by atoms with Crippen molar-refractivity contribution in [2.24, 2.45) is 0 Å². The second-order valence-electron chi connectivity index (χ2n) is 4.00. The molecule has 2 rings (SSSR count). The first-order valence-electron chi connectivity index (χ1n) is 5.94. The third-order valence-electron chi connectivity index (χ3n) is 2.78. The number of hydrogen-bond donors (Lipinski definition) is 1. The molecule has 0 unspecified atom stereocenters. The van der Waals surface area contributed by atoms with E-state index in [2.05, 4.69) is 5.32 Å². The molecule has 1 aromatic heterocycles. The fourth-order valence-corrected chi connectivity index (χ4v) is 2.78. The van der Waals surface area contributed by atoms with E-state index in [1.165, 1.54) is 10.4 Å². The SMILES string of the molecule is CCOC(=O)CNC(=O)N1CCc2sccc2C1. The van der Waals surface area contributed by atoms with Gasteiger partial charge in [-0.15, -0.1) is 11.3 Å². The van der Waals surface area contributed by atoms with Crippen LogP contribution in [0.25, 0.3) is 0 Å². The van der Waals surface area contributed by atoms with E-state index in [1.54, 1.807) is 23.2 Å². The fourth-order valence-electron chi connectivity index (χ4n) is 1.89. The molecule has 6 heteroatoms. The predicted octanol–water partition coefficient (Wildman–Crippen LogP) is 1.38.